The topological polar surface area (TPSA) is 35.5 Å². The van der Waals surface area contributed by atoms with Crippen molar-refractivity contribution in [2.45, 2.75) is 53.4 Å². The predicted molar refractivity (Wildman–Crippen MR) is 81.4 cm³/mol. The Hall–Kier alpha value is -1.51. The Balaban J connectivity index is 2.99. The molecule has 0 heterocycles. The van der Waals surface area contributed by atoms with E-state index in [1.165, 1.54) is 5.56 Å². The quantitative estimate of drug-likeness (QED) is 0.769. The van der Waals surface area contributed by atoms with E-state index in [4.69, 9.17) is 9.47 Å². The van der Waals surface area contributed by atoms with E-state index in [-0.39, 0.29) is 18.0 Å². The molecule has 0 spiro atoms. The Morgan fingerprint density at radius 3 is 2.35 bits per heavy atom. The van der Waals surface area contributed by atoms with Gasteiger partial charge in [-0.15, -0.1) is 0 Å². The fourth-order valence-corrected chi connectivity index (χ4v) is 2.08. The normalized spacial score (nSPS) is 11.3. The number of carbonyl (C=O) groups is 1. The molecule has 1 aromatic carbocycles. The summed E-state index contributed by atoms with van der Waals surface area (Å²) in [7, 11) is 0. The van der Waals surface area contributed by atoms with Crippen LogP contribution in [0.25, 0.3) is 0 Å². The van der Waals surface area contributed by atoms with E-state index in [0.717, 1.165) is 23.3 Å². The van der Waals surface area contributed by atoms with Crippen LogP contribution in [0.5, 0.6) is 5.75 Å². The molecular formula is C17H26O3. The summed E-state index contributed by atoms with van der Waals surface area (Å²) in [5, 5.41) is 0. The maximum Gasteiger partial charge on any atom is 0.344 e. The lowest BCUT2D eigenvalue weighted by atomic mass is 9.84. The summed E-state index contributed by atoms with van der Waals surface area (Å²) in [6.45, 7) is 12.8. The number of esters is 1. The van der Waals surface area contributed by atoms with E-state index in [2.05, 4.69) is 39.8 Å². The number of hydrogen-bond acceptors (Lipinski definition) is 3. The molecule has 0 bridgehead atoms. The van der Waals surface area contributed by atoms with Crippen molar-refractivity contribution in [3.63, 3.8) is 0 Å². The molecule has 20 heavy (non-hydrogen) atoms. The molecule has 1 rings (SSSR count). The summed E-state index contributed by atoms with van der Waals surface area (Å²) in [5.41, 5.74) is 3.60. The van der Waals surface area contributed by atoms with Gasteiger partial charge in [-0.1, -0.05) is 39.8 Å². The third-order valence-corrected chi connectivity index (χ3v) is 3.24. The highest BCUT2D eigenvalue weighted by molar-refractivity contribution is 5.71. The van der Waals surface area contributed by atoms with Crippen LogP contribution in [-0.2, 0) is 21.4 Å². The van der Waals surface area contributed by atoms with E-state index in [1.54, 1.807) is 6.92 Å². The molecule has 3 heteroatoms. The second-order valence-corrected chi connectivity index (χ2v) is 5.98. The minimum Gasteiger partial charge on any atom is -0.481 e. The standard InChI is InChI=1S/C17H26O3/c1-7-13-10-14(17(4,5)6)9-12(3)16(13)20-11-15(18)19-8-2/h9-10H,7-8,11H2,1-6H3. The zero-order chi connectivity index (χ0) is 15.3. The first-order valence-corrected chi connectivity index (χ1v) is 7.22. The van der Waals surface area contributed by atoms with E-state index >= 15 is 0 Å². The predicted octanol–water partition coefficient (Wildman–Crippen LogP) is 3.80. The molecule has 0 fully saturated rings. The van der Waals surface area contributed by atoms with Gasteiger partial charge in [-0.2, -0.15) is 0 Å². The number of ether oxygens (including phenoxy) is 2. The third-order valence-electron chi connectivity index (χ3n) is 3.24. The highest BCUT2D eigenvalue weighted by Crippen LogP contribution is 2.31. The summed E-state index contributed by atoms with van der Waals surface area (Å²) in [4.78, 5) is 11.4. The van der Waals surface area contributed by atoms with Gasteiger partial charge in [0.25, 0.3) is 0 Å². The maximum atomic E-state index is 11.4. The first-order valence-electron chi connectivity index (χ1n) is 7.22. The van der Waals surface area contributed by atoms with Crippen molar-refractivity contribution in [3.05, 3.63) is 28.8 Å². The second kappa shape index (κ2) is 6.78. The molecule has 0 amide bonds. The van der Waals surface area contributed by atoms with E-state index in [1.807, 2.05) is 6.92 Å². The van der Waals surface area contributed by atoms with Crippen LogP contribution in [0.4, 0.5) is 0 Å². The Bertz CT molecular complexity index is 470. The summed E-state index contributed by atoms with van der Waals surface area (Å²) in [6.07, 6.45) is 0.878. The molecule has 0 radical (unpaired) electrons. The van der Waals surface area contributed by atoms with Gasteiger partial charge in [-0.25, -0.2) is 4.79 Å². The molecule has 0 aromatic heterocycles. The second-order valence-electron chi connectivity index (χ2n) is 5.98. The van der Waals surface area contributed by atoms with Crippen LogP contribution >= 0.6 is 0 Å². The molecule has 0 unspecified atom stereocenters. The largest absolute Gasteiger partial charge is 0.481 e. The first-order chi connectivity index (χ1) is 9.29. The summed E-state index contributed by atoms with van der Waals surface area (Å²) >= 11 is 0. The maximum absolute atomic E-state index is 11.4. The molecule has 1 aromatic rings. The minimum absolute atomic E-state index is 0.0312. The smallest absolute Gasteiger partial charge is 0.344 e. The lowest BCUT2D eigenvalue weighted by molar-refractivity contribution is -0.145. The zero-order valence-corrected chi connectivity index (χ0v) is 13.5. The number of rotatable bonds is 5. The number of carbonyl (C=O) groups excluding carboxylic acids is 1. The van der Waals surface area contributed by atoms with Crippen molar-refractivity contribution >= 4 is 5.97 Å². The van der Waals surface area contributed by atoms with Gasteiger partial charge >= 0.3 is 5.97 Å². The van der Waals surface area contributed by atoms with Crippen molar-refractivity contribution in [1.82, 2.24) is 0 Å². The van der Waals surface area contributed by atoms with Crippen molar-refractivity contribution in [3.8, 4) is 5.75 Å². The number of aryl methyl sites for hydroxylation is 2. The van der Waals surface area contributed by atoms with Crippen molar-refractivity contribution in [2.75, 3.05) is 13.2 Å². The van der Waals surface area contributed by atoms with Gasteiger partial charge in [0, 0.05) is 0 Å². The third kappa shape index (κ3) is 4.26. The van der Waals surface area contributed by atoms with Crippen LogP contribution in [-0.4, -0.2) is 19.2 Å². The first kappa shape index (κ1) is 16.5. The molecule has 3 nitrogen and oxygen atoms in total. The molecule has 0 N–H and O–H groups in total. The average molecular weight is 278 g/mol. The average Bonchev–Trinajstić information content (AvgIpc) is 2.35. The van der Waals surface area contributed by atoms with Crippen LogP contribution in [0.15, 0.2) is 12.1 Å². The van der Waals surface area contributed by atoms with Crippen molar-refractivity contribution < 1.29 is 14.3 Å². The SMILES string of the molecule is CCOC(=O)COc1c(C)cc(C(C)(C)C)cc1CC. The molecule has 0 aliphatic rings. The Morgan fingerprint density at radius 1 is 1.20 bits per heavy atom. The molecule has 0 aliphatic heterocycles. The lowest BCUT2D eigenvalue weighted by Crippen LogP contribution is -2.17. The summed E-state index contributed by atoms with van der Waals surface area (Å²) in [6, 6.07) is 4.31. The van der Waals surface area contributed by atoms with E-state index in [0.29, 0.717) is 6.61 Å². The monoisotopic (exact) mass is 278 g/mol. The van der Waals surface area contributed by atoms with Crippen molar-refractivity contribution in [2.24, 2.45) is 0 Å². The molecule has 0 saturated heterocycles. The highest BCUT2D eigenvalue weighted by atomic mass is 16.6. The fourth-order valence-electron chi connectivity index (χ4n) is 2.08. The van der Waals surface area contributed by atoms with Crippen LogP contribution in [0, 0.1) is 6.92 Å². The number of benzene rings is 1. The fraction of sp³-hybridized carbons (Fsp3) is 0.588. The van der Waals surface area contributed by atoms with Crippen LogP contribution in [0.1, 0.15) is 51.3 Å². The summed E-state index contributed by atoms with van der Waals surface area (Å²) < 4.78 is 10.6. The Morgan fingerprint density at radius 2 is 1.85 bits per heavy atom. The van der Waals surface area contributed by atoms with Crippen LogP contribution in [0.2, 0.25) is 0 Å². The van der Waals surface area contributed by atoms with E-state index < -0.39 is 0 Å². The van der Waals surface area contributed by atoms with Crippen LogP contribution in [0.3, 0.4) is 0 Å². The Labute approximate surface area is 122 Å². The van der Waals surface area contributed by atoms with Gasteiger partial charge in [0.1, 0.15) is 5.75 Å². The van der Waals surface area contributed by atoms with Crippen molar-refractivity contribution in [1.29, 1.82) is 0 Å². The van der Waals surface area contributed by atoms with Crippen LogP contribution < -0.4 is 4.74 Å². The molecule has 0 atom stereocenters. The highest BCUT2D eigenvalue weighted by Gasteiger charge is 2.18. The van der Waals surface area contributed by atoms with Gasteiger partial charge < -0.3 is 9.47 Å². The van der Waals surface area contributed by atoms with Gasteiger partial charge in [0.05, 0.1) is 6.61 Å². The Kier molecular flexibility index (Phi) is 5.61. The van der Waals surface area contributed by atoms with E-state index in [9.17, 15) is 4.79 Å². The molecular weight excluding hydrogens is 252 g/mol. The van der Waals surface area contributed by atoms with Gasteiger partial charge in [0.15, 0.2) is 6.61 Å². The molecule has 0 aliphatic carbocycles. The lowest BCUT2D eigenvalue weighted by Gasteiger charge is -2.23. The molecule has 112 valence electrons. The van der Waals surface area contributed by atoms with Gasteiger partial charge in [-0.3, -0.25) is 0 Å². The molecule has 0 saturated carbocycles. The number of hydrogen-bond donors (Lipinski definition) is 0. The minimum atomic E-state index is -0.325. The summed E-state index contributed by atoms with van der Waals surface area (Å²) in [5.74, 6) is 0.488. The van der Waals surface area contributed by atoms with Gasteiger partial charge in [-0.05, 0) is 42.4 Å². The zero-order valence-electron chi connectivity index (χ0n) is 13.5. The van der Waals surface area contributed by atoms with Gasteiger partial charge in [0.2, 0.25) is 0 Å².